The zero-order chi connectivity index (χ0) is 12.5. The van der Waals surface area contributed by atoms with E-state index >= 15 is 0 Å². The van der Waals surface area contributed by atoms with E-state index in [2.05, 4.69) is 15.9 Å². The molecule has 1 aliphatic carbocycles. The fourth-order valence-electron chi connectivity index (χ4n) is 2.25. The highest BCUT2D eigenvalue weighted by molar-refractivity contribution is 9.10. The number of carbonyl (C=O) groups is 1. The van der Waals surface area contributed by atoms with Crippen LogP contribution in [0.4, 0.5) is 0 Å². The Morgan fingerprint density at radius 2 is 2.24 bits per heavy atom. The van der Waals surface area contributed by atoms with Crippen LogP contribution in [-0.4, -0.2) is 18.2 Å². The van der Waals surface area contributed by atoms with Crippen LogP contribution in [0.1, 0.15) is 24.8 Å². The van der Waals surface area contributed by atoms with E-state index in [9.17, 15) is 9.90 Å². The minimum Gasteiger partial charge on any atom is -0.497 e. The predicted octanol–water partition coefficient (Wildman–Crippen LogP) is 3.26. The molecular formula is C13H15BrO3. The Morgan fingerprint density at radius 1 is 1.53 bits per heavy atom. The molecule has 0 unspecified atom stereocenters. The Kier molecular flexibility index (Phi) is 3.43. The molecule has 2 rings (SSSR count). The van der Waals surface area contributed by atoms with Crippen LogP contribution >= 0.6 is 15.9 Å². The average Bonchev–Trinajstić information content (AvgIpc) is 2.25. The lowest BCUT2D eigenvalue weighted by molar-refractivity contribution is -0.154. The predicted molar refractivity (Wildman–Crippen MR) is 68.3 cm³/mol. The molecule has 1 aliphatic rings. The van der Waals surface area contributed by atoms with Crippen LogP contribution in [0.3, 0.4) is 0 Å². The monoisotopic (exact) mass is 298 g/mol. The molecule has 0 spiro atoms. The van der Waals surface area contributed by atoms with E-state index in [1.165, 1.54) is 0 Å². The lowest BCUT2D eigenvalue weighted by Gasteiger charge is -2.38. The van der Waals surface area contributed by atoms with Crippen molar-refractivity contribution in [1.29, 1.82) is 0 Å². The van der Waals surface area contributed by atoms with Gasteiger partial charge in [0.25, 0.3) is 0 Å². The van der Waals surface area contributed by atoms with Crippen LogP contribution in [0.2, 0.25) is 0 Å². The zero-order valence-corrected chi connectivity index (χ0v) is 11.3. The van der Waals surface area contributed by atoms with E-state index in [-0.39, 0.29) is 0 Å². The third-order valence-corrected chi connectivity index (χ3v) is 4.32. The summed E-state index contributed by atoms with van der Waals surface area (Å²) in [5.74, 6) is 0.0848. The fourth-order valence-corrected chi connectivity index (χ4v) is 2.63. The number of carboxylic acids is 1. The highest BCUT2D eigenvalue weighted by Gasteiger charge is 2.44. The van der Waals surface area contributed by atoms with E-state index in [0.717, 1.165) is 35.0 Å². The highest BCUT2D eigenvalue weighted by Crippen LogP contribution is 2.45. The van der Waals surface area contributed by atoms with E-state index < -0.39 is 11.4 Å². The molecule has 0 amide bonds. The third-order valence-electron chi connectivity index (χ3n) is 3.55. The molecular weight excluding hydrogens is 284 g/mol. The molecule has 1 saturated carbocycles. The molecule has 4 heteroatoms. The van der Waals surface area contributed by atoms with Gasteiger partial charge in [-0.25, -0.2) is 0 Å². The molecule has 1 aromatic carbocycles. The first-order valence-electron chi connectivity index (χ1n) is 5.63. The van der Waals surface area contributed by atoms with Crippen LogP contribution in [0.15, 0.2) is 22.7 Å². The Hall–Kier alpha value is -1.03. The van der Waals surface area contributed by atoms with Crippen LogP contribution in [0.5, 0.6) is 5.75 Å². The number of hydrogen-bond donors (Lipinski definition) is 1. The molecule has 0 aliphatic heterocycles. The first-order valence-corrected chi connectivity index (χ1v) is 6.42. The van der Waals surface area contributed by atoms with Gasteiger partial charge in [-0.05, 0) is 43.0 Å². The lowest BCUT2D eigenvalue weighted by Crippen LogP contribution is -2.39. The van der Waals surface area contributed by atoms with Gasteiger partial charge in [0.05, 0.1) is 12.5 Å². The molecule has 1 N–H and O–H groups in total. The molecule has 0 heterocycles. The van der Waals surface area contributed by atoms with Crippen molar-refractivity contribution in [2.75, 3.05) is 7.11 Å². The van der Waals surface area contributed by atoms with Crippen molar-refractivity contribution < 1.29 is 14.6 Å². The Labute approximate surface area is 109 Å². The minimum atomic E-state index is -0.682. The van der Waals surface area contributed by atoms with Crippen molar-refractivity contribution in [3.05, 3.63) is 28.2 Å². The zero-order valence-electron chi connectivity index (χ0n) is 9.70. The van der Waals surface area contributed by atoms with Crippen LogP contribution in [-0.2, 0) is 11.2 Å². The number of rotatable bonds is 4. The Balaban J connectivity index is 2.25. The molecule has 1 fully saturated rings. The van der Waals surface area contributed by atoms with E-state index in [1.807, 2.05) is 18.2 Å². The van der Waals surface area contributed by atoms with Crippen LogP contribution in [0, 0.1) is 5.41 Å². The smallest absolute Gasteiger partial charge is 0.309 e. The summed E-state index contributed by atoms with van der Waals surface area (Å²) < 4.78 is 6.12. The SMILES string of the molecule is COc1ccc(Br)c(CC2(C(=O)O)CCC2)c1. The summed E-state index contributed by atoms with van der Waals surface area (Å²) in [4.78, 5) is 11.3. The molecule has 3 nitrogen and oxygen atoms in total. The maximum absolute atomic E-state index is 11.3. The standard InChI is InChI=1S/C13H15BrO3/c1-17-10-3-4-11(14)9(7-10)8-13(12(15)16)5-2-6-13/h3-4,7H,2,5-6,8H2,1H3,(H,15,16). The Bertz CT molecular complexity index is 438. The fraction of sp³-hybridized carbons (Fsp3) is 0.462. The van der Waals surface area contributed by atoms with Crippen molar-refractivity contribution in [3.63, 3.8) is 0 Å². The van der Waals surface area contributed by atoms with Crippen molar-refractivity contribution in [2.24, 2.45) is 5.41 Å². The molecule has 17 heavy (non-hydrogen) atoms. The van der Waals surface area contributed by atoms with Crippen LogP contribution in [0.25, 0.3) is 0 Å². The first-order chi connectivity index (χ1) is 8.07. The molecule has 0 aromatic heterocycles. The summed E-state index contributed by atoms with van der Waals surface area (Å²) in [5, 5.41) is 9.32. The quantitative estimate of drug-likeness (QED) is 0.928. The maximum Gasteiger partial charge on any atom is 0.309 e. The number of ether oxygens (including phenoxy) is 1. The minimum absolute atomic E-state index is 0.561. The molecule has 0 bridgehead atoms. The van der Waals surface area contributed by atoms with Gasteiger partial charge in [0, 0.05) is 4.47 Å². The topological polar surface area (TPSA) is 46.5 Å². The van der Waals surface area contributed by atoms with Crippen molar-refractivity contribution in [2.45, 2.75) is 25.7 Å². The molecule has 0 atom stereocenters. The van der Waals surface area contributed by atoms with Crippen molar-refractivity contribution >= 4 is 21.9 Å². The van der Waals surface area contributed by atoms with Gasteiger partial charge in [0.2, 0.25) is 0 Å². The third kappa shape index (κ3) is 2.32. The summed E-state index contributed by atoms with van der Waals surface area (Å²) in [6.45, 7) is 0. The number of hydrogen-bond acceptors (Lipinski definition) is 2. The summed E-state index contributed by atoms with van der Waals surface area (Å²) in [6.07, 6.45) is 3.12. The number of carboxylic acid groups (broad SMARTS) is 1. The van der Waals surface area contributed by atoms with Gasteiger partial charge >= 0.3 is 5.97 Å². The summed E-state index contributed by atoms with van der Waals surface area (Å²) in [7, 11) is 1.61. The van der Waals surface area contributed by atoms with Gasteiger partial charge in [0.15, 0.2) is 0 Å². The summed E-state index contributed by atoms with van der Waals surface area (Å²) in [6, 6.07) is 5.68. The normalized spacial score (nSPS) is 17.3. The maximum atomic E-state index is 11.3. The number of methoxy groups -OCH3 is 1. The van der Waals surface area contributed by atoms with Gasteiger partial charge in [0.1, 0.15) is 5.75 Å². The molecule has 1 aromatic rings. The van der Waals surface area contributed by atoms with Gasteiger partial charge in [-0.2, -0.15) is 0 Å². The van der Waals surface area contributed by atoms with Gasteiger partial charge in [-0.3, -0.25) is 4.79 Å². The number of halogens is 1. The summed E-state index contributed by atoms with van der Waals surface area (Å²) in [5.41, 5.74) is 0.445. The molecule has 92 valence electrons. The first kappa shape index (κ1) is 12.4. The second kappa shape index (κ2) is 4.69. The van der Waals surface area contributed by atoms with E-state index in [4.69, 9.17) is 4.74 Å². The Morgan fingerprint density at radius 3 is 2.71 bits per heavy atom. The average molecular weight is 299 g/mol. The number of aliphatic carboxylic acids is 1. The van der Waals surface area contributed by atoms with Crippen molar-refractivity contribution in [1.82, 2.24) is 0 Å². The second-order valence-corrected chi connectivity index (χ2v) is 5.43. The molecule has 0 radical (unpaired) electrons. The number of benzene rings is 1. The van der Waals surface area contributed by atoms with Gasteiger partial charge < -0.3 is 9.84 Å². The van der Waals surface area contributed by atoms with Gasteiger partial charge in [-0.15, -0.1) is 0 Å². The van der Waals surface area contributed by atoms with E-state index in [0.29, 0.717) is 6.42 Å². The van der Waals surface area contributed by atoms with Gasteiger partial charge in [-0.1, -0.05) is 22.4 Å². The van der Waals surface area contributed by atoms with Crippen molar-refractivity contribution in [3.8, 4) is 5.75 Å². The second-order valence-electron chi connectivity index (χ2n) is 4.57. The highest BCUT2D eigenvalue weighted by atomic mass is 79.9. The van der Waals surface area contributed by atoms with Crippen LogP contribution < -0.4 is 4.74 Å². The largest absolute Gasteiger partial charge is 0.497 e. The lowest BCUT2D eigenvalue weighted by atomic mass is 9.65. The van der Waals surface area contributed by atoms with E-state index in [1.54, 1.807) is 7.11 Å². The molecule has 0 saturated heterocycles. The summed E-state index contributed by atoms with van der Waals surface area (Å²) >= 11 is 3.47.